The van der Waals surface area contributed by atoms with E-state index < -0.39 is 5.60 Å². The van der Waals surface area contributed by atoms with Crippen molar-refractivity contribution in [2.24, 2.45) is 0 Å². The molecular weight excluding hydrogens is 430 g/mol. The third-order valence-electron chi connectivity index (χ3n) is 6.29. The van der Waals surface area contributed by atoms with Crippen molar-refractivity contribution in [3.63, 3.8) is 0 Å². The first-order valence-electron chi connectivity index (χ1n) is 11.7. The summed E-state index contributed by atoms with van der Waals surface area (Å²) < 4.78 is 7.57. The molecule has 2 aliphatic rings. The van der Waals surface area contributed by atoms with Crippen LogP contribution in [0.1, 0.15) is 57.6 Å². The van der Waals surface area contributed by atoms with Crippen molar-refractivity contribution < 1.29 is 9.53 Å². The van der Waals surface area contributed by atoms with Crippen LogP contribution < -0.4 is 4.90 Å². The summed E-state index contributed by atoms with van der Waals surface area (Å²) in [6.07, 6.45) is 7.34. The van der Waals surface area contributed by atoms with Gasteiger partial charge >= 0.3 is 6.09 Å². The fraction of sp³-hybridized carbons (Fsp3) is 0.480. The average molecular weight is 460 g/mol. The van der Waals surface area contributed by atoms with Crippen molar-refractivity contribution in [1.82, 2.24) is 24.4 Å². The minimum atomic E-state index is -0.522. The zero-order valence-corrected chi connectivity index (χ0v) is 20.0. The van der Waals surface area contributed by atoms with Crippen molar-refractivity contribution >= 4 is 22.9 Å². The monoisotopic (exact) mass is 459 g/mol. The lowest BCUT2D eigenvalue weighted by molar-refractivity contribution is 0.0159. The Morgan fingerprint density at radius 3 is 2.68 bits per heavy atom. The van der Waals surface area contributed by atoms with E-state index in [2.05, 4.69) is 27.1 Å². The van der Waals surface area contributed by atoms with E-state index in [9.17, 15) is 10.1 Å². The fourth-order valence-electron chi connectivity index (χ4n) is 4.55. The van der Waals surface area contributed by atoms with Crippen molar-refractivity contribution in [3.05, 3.63) is 42.0 Å². The summed E-state index contributed by atoms with van der Waals surface area (Å²) >= 11 is 0. The lowest BCUT2D eigenvalue weighted by atomic mass is 10.1. The summed E-state index contributed by atoms with van der Waals surface area (Å²) in [4.78, 5) is 30.5. The molecule has 0 radical (unpaired) electrons. The number of piperazine rings is 1. The Bertz CT molecular complexity index is 1280. The van der Waals surface area contributed by atoms with Crippen LogP contribution in [-0.2, 0) is 4.74 Å². The maximum atomic E-state index is 12.7. The van der Waals surface area contributed by atoms with Gasteiger partial charge in [-0.05, 0) is 64.2 Å². The van der Waals surface area contributed by atoms with Gasteiger partial charge in [0.05, 0.1) is 17.0 Å². The van der Waals surface area contributed by atoms with E-state index in [0.29, 0.717) is 36.9 Å². The molecule has 1 aliphatic carbocycles. The quantitative estimate of drug-likeness (QED) is 0.583. The molecule has 3 aromatic rings. The molecular formula is C25H29N7O2. The van der Waals surface area contributed by atoms with E-state index in [1.807, 2.05) is 32.3 Å². The number of anilines is 1. The van der Waals surface area contributed by atoms with E-state index >= 15 is 0 Å². The molecule has 34 heavy (non-hydrogen) atoms. The van der Waals surface area contributed by atoms with Gasteiger partial charge in [-0.1, -0.05) is 0 Å². The van der Waals surface area contributed by atoms with E-state index in [4.69, 9.17) is 9.72 Å². The molecule has 0 spiro atoms. The second-order valence-corrected chi connectivity index (χ2v) is 10.1. The molecule has 1 saturated heterocycles. The molecule has 0 aromatic carbocycles. The number of rotatable bonds is 3. The van der Waals surface area contributed by atoms with E-state index in [1.54, 1.807) is 29.6 Å². The van der Waals surface area contributed by atoms with Crippen molar-refractivity contribution in [1.29, 1.82) is 5.26 Å². The number of amides is 1. The van der Waals surface area contributed by atoms with Gasteiger partial charge in [0.25, 0.3) is 0 Å². The number of hydrogen-bond donors (Lipinski definition) is 0. The molecule has 9 nitrogen and oxygen atoms in total. The maximum absolute atomic E-state index is 12.7. The number of nitrogens with zero attached hydrogens (tertiary/aromatic N) is 7. The van der Waals surface area contributed by atoms with Crippen LogP contribution in [0.5, 0.6) is 0 Å². The number of pyridine rings is 1. The molecule has 176 valence electrons. The van der Waals surface area contributed by atoms with Gasteiger partial charge in [0, 0.05) is 38.1 Å². The third kappa shape index (κ3) is 4.16. The molecule has 1 atom stereocenters. The Morgan fingerprint density at radius 2 is 2.00 bits per heavy atom. The van der Waals surface area contributed by atoms with Gasteiger partial charge < -0.3 is 14.5 Å². The highest BCUT2D eigenvalue weighted by Crippen LogP contribution is 2.46. The van der Waals surface area contributed by atoms with Crippen LogP contribution in [0.25, 0.3) is 16.9 Å². The first-order valence-corrected chi connectivity index (χ1v) is 11.7. The minimum absolute atomic E-state index is 0.0194. The number of nitriles is 1. The molecule has 1 amide bonds. The lowest BCUT2D eigenvalue weighted by Gasteiger charge is -2.40. The Labute approximate surface area is 199 Å². The van der Waals surface area contributed by atoms with Gasteiger partial charge in [-0.3, -0.25) is 4.57 Å². The largest absolute Gasteiger partial charge is 0.444 e. The molecule has 2 fully saturated rings. The zero-order chi connectivity index (χ0) is 24.0. The molecule has 0 N–H and O–H groups in total. The maximum Gasteiger partial charge on any atom is 0.410 e. The summed E-state index contributed by atoms with van der Waals surface area (Å²) in [6.45, 7) is 9.57. The average Bonchev–Trinajstić information content (AvgIpc) is 3.57. The highest BCUT2D eigenvalue weighted by molar-refractivity contribution is 5.93. The van der Waals surface area contributed by atoms with Crippen LogP contribution in [0.15, 0.2) is 30.9 Å². The van der Waals surface area contributed by atoms with E-state index in [0.717, 1.165) is 29.7 Å². The Hall–Kier alpha value is -3.67. The van der Waals surface area contributed by atoms with Crippen LogP contribution in [0, 0.1) is 11.3 Å². The predicted octanol–water partition coefficient (Wildman–Crippen LogP) is 4.01. The van der Waals surface area contributed by atoms with E-state index in [-0.39, 0.29) is 12.1 Å². The Morgan fingerprint density at radius 1 is 1.21 bits per heavy atom. The highest BCUT2D eigenvalue weighted by atomic mass is 16.6. The molecule has 9 heteroatoms. The predicted molar refractivity (Wildman–Crippen MR) is 128 cm³/mol. The van der Waals surface area contributed by atoms with Gasteiger partial charge in [-0.2, -0.15) is 5.26 Å². The first-order chi connectivity index (χ1) is 16.2. The number of fused-ring (bicyclic) bond motifs is 1. The number of carbonyl (C=O) groups is 1. The van der Waals surface area contributed by atoms with Crippen LogP contribution in [0.2, 0.25) is 0 Å². The number of carbonyl (C=O) groups excluding carboxylic acids is 1. The third-order valence-corrected chi connectivity index (χ3v) is 6.29. The SMILES string of the molecule is C[C@@H]1CN(c2ncnc3c2c(C2CC2)cn3-c2cc(C#N)ccn2)CCN1C(=O)OC(C)(C)C. The van der Waals surface area contributed by atoms with Crippen molar-refractivity contribution in [3.8, 4) is 11.9 Å². The van der Waals surface area contributed by atoms with Crippen LogP contribution in [-0.4, -0.2) is 61.8 Å². The van der Waals surface area contributed by atoms with Gasteiger partial charge in [0.1, 0.15) is 23.6 Å². The number of aromatic nitrogens is 4. The van der Waals surface area contributed by atoms with Gasteiger partial charge in [0.2, 0.25) is 0 Å². The van der Waals surface area contributed by atoms with E-state index in [1.165, 1.54) is 5.56 Å². The normalized spacial score (nSPS) is 18.7. The Kier molecular flexibility index (Phi) is 5.39. The molecule has 0 unspecified atom stereocenters. The standard InChI is InChI=1S/C25H29N7O2/c1-16-13-30(9-10-31(16)24(33)34-25(2,3)4)22-21-19(18-5-6-18)14-32(23(21)29-15-28-22)20-11-17(12-26)7-8-27-20/h7-8,11,14-16,18H,5-6,9-10,13H2,1-4H3/t16-/m1/s1. The molecule has 0 bridgehead atoms. The first kappa shape index (κ1) is 22.1. The van der Waals surface area contributed by atoms with Crippen molar-refractivity contribution in [2.45, 2.75) is 58.1 Å². The molecule has 1 saturated carbocycles. The molecule has 1 aliphatic heterocycles. The van der Waals surface area contributed by atoms with Gasteiger partial charge in [-0.15, -0.1) is 0 Å². The minimum Gasteiger partial charge on any atom is -0.444 e. The van der Waals surface area contributed by atoms with Crippen molar-refractivity contribution in [2.75, 3.05) is 24.5 Å². The molecule has 5 rings (SSSR count). The highest BCUT2D eigenvalue weighted by Gasteiger charge is 2.34. The molecule has 3 aromatic heterocycles. The van der Waals surface area contributed by atoms with Crippen LogP contribution in [0.3, 0.4) is 0 Å². The smallest absolute Gasteiger partial charge is 0.410 e. The van der Waals surface area contributed by atoms with Gasteiger partial charge in [0.15, 0.2) is 5.65 Å². The summed E-state index contributed by atoms with van der Waals surface area (Å²) in [5.41, 5.74) is 2.04. The lowest BCUT2D eigenvalue weighted by Crippen LogP contribution is -2.55. The zero-order valence-electron chi connectivity index (χ0n) is 20.0. The summed E-state index contributed by atoms with van der Waals surface area (Å²) in [5, 5.41) is 10.4. The second kappa shape index (κ2) is 8.28. The van der Waals surface area contributed by atoms with Crippen LogP contribution >= 0.6 is 0 Å². The molecule has 4 heterocycles. The summed E-state index contributed by atoms with van der Waals surface area (Å²) in [6, 6.07) is 5.64. The van der Waals surface area contributed by atoms with Gasteiger partial charge in [-0.25, -0.2) is 19.7 Å². The second-order valence-electron chi connectivity index (χ2n) is 10.1. The number of ether oxygens (including phenoxy) is 1. The topological polar surface area (TPSA) is 100 Å². The Balaban J connectivity index is 1.50. The van der Waals surface area contributed by atoms with Crippen LogP contribution in [0.4, 0.5) is 10.6 Å². The fourth-order valence-corrected chi connectivity index (χ4v) is 4.55. The summed E-state index contributed by atoms with van der Waals surface area (Å²) in [5.74, 6) is 2.04. The number of hydrogen-bond acceptors (Lipinski definition) is 7. The summed E-state index contributed by atoms with van der Waals surface area (Å²) in [7, 11) is 0.